The van der Waals surface area contributed by atoms with Gasteiger partial charge in [-0.3, -0.25) is 9.69 Å². The first-order valence-corrected chi connectivity index (χ1v) is 11.7. The molecule has 0 bridgehead atoms. The second-order valence-electron chi connectivity index (χ2n) is 8.96. The molecule has 35 heavy (non-hydrogen) atoms. The SMILES string of the molecule is CNC(=O)C1OC2(CCN(Cc3cnn(-c4cccc(C(F)(F)F)c4)c3)CC2)c2cc(Cl)ccc21. The van der Waals surface area contributed by atoms with Gasteiger partial charge in [0.1, 0.15) is 0 Å². The molecule has 2 aliphatic rings. The monoisotopic (exact) mass is 504 g/mol. The van der Waals surface area contributed by atoms with Gasteiger partial charge >= 0.3 is 6.18 Å². The van der Waals surface area contributed by atoms with Crippen LogP contribution in [0.4, 0.5) is 13.2 Å². The summed E-state index contributed by atoms with van der Waals surface area (Å²) in [4.78, 5) is 14.7. The minimum Gasteiger partial charge on any atom is -0.357 e. The van der Waals surface area contributed by atoms with Gasteiger partial charge in [0.25, 0.3) is 5.91 Å². The quantitative estimate of drug-likeness (QED) is 0.551. The molecule has 1 aromatic heterocycles. The number of nitrogens with one attached hydrogen (secondary N) is 1. The van der Waals surface area contributed by atoms with E-state index in [1.165, 1.54) is 10.7 Å². The molecule has 184 valence electrons. The van der Waals surface area contributed by atoms with Crippen molar-refractivity contribution in [3.8, 4) is 5.69 Å². The van der Waals surface area contributed by atoms with Gasteiger partial charge in [-0.15, -0.1) is 0 Å². The van der Waals surface area contributed by atoms with Crippen LogP contribution in [-0.4, -0.2) is 40.7 Å². The first-order valence-electron chi connectivity index (χ1n) is 11.3. The van der Waals surface area contributed by atoms with E-state index in [9.17, 15) is 18.0 Å². The molecule has 0 aliphatic carbocycles. The molecule has 2 aromatic carbocycles. The summed E-state index contributed by atoms with van der Waals surface area (Å²) in [5.41, 5.74) is 1.80. The zero-order valence-corrected chi connectivity index (χ0v) is 19.7. The molecular weight excluding hydrogens is 481 g/mol. The molecule has 1 amide bonds. The minimum atomic E-state index is -4.41. The second kappa shape index (κ2) is 8.96. The Hall–Kier alpha value is -2.88. The van der Waals surface area contributed by atoms with Gasteiger partial charge in [-0.2, -0.15) is 18.3 Å². The van der Waals surface area contributed by atoms with Crippen LogP contribution in [0.1, 0.15) is 41.2 Å². The van der Waals surface area contributed by atoms with Gasteiger partial charge in [0.2, 0.25) is 0 Å². The summed E-state index contributed by atoms with van der Waals surface area (Å²) < 4.78 is 47.0. The Labute approximate surface area is 205 Å². The van der Waals surface area contributed by atoms with Crippen molar-refractivity contribution in [1.82, 2.24) is 20.0 Å². The second-order valence-corrected chi connectivity index (χ2v) is 9.39. The third-order valence-electron chi connectivity index (χ3n) is 6.76. The Kier molecular flexibility index (Phi) is 6.11. The standard InChI is InChI=1S/C25H24ClF3N4O2/c1-30-23(34)22-20-6-5-18(26)12-21(20)24(35-22)7-9-32(10-8-24)14-16-13-31-33(15-16)19-4-2-3-17(11-19)25(27,28)29/h2-6,11-13,15,22H,7-10,14H2,1H3,(H,30,34). The van der Waals surface area contributed by atoms with Gasteiger partial charge < -0.3 is 10.1 Å². The van der Waals surface area contributed by atoms with E-state index in [4.69, 9.17) is 16.3 Å². The fourth-order valence-electron chi connectivity index (χ4n) is 4.96. The number of likely N-dealkylation sites (tertiary alicyclic amines) is 1. The number of ether oxygens (including phenoxy) is 1. The number of hydrogen-bond acceptors (Lipinski definition) is 4. The Morgan fingerprint density at radius 1 is 1.23 bits per heavy atom. The van der Waals surface area contributed by atoms with Gasteiger partial charge in [0, 0.05) is 43.5 Å². The number of halogens is 4. The molecular formula is C25H24ClF3N4O2. The van der Waals surface area contributed by atoms with Crippen LogP contribution in [-0.2, 0) is 27.9 Å². The Morgan fingerprint density at radius 3 is 2.71 bits per heavy atom. The number of alkyl halides is 3. The van der Waals surface area contributed by atoms with Crippen LogP contribution in [0.25, 0.3) is 5.69 Å². The fourth-order valence-corrected chi connectivity index (χ4v) is 5.13. The summed E-state index contributed by atoms with van der Waals surface area (Å²) >= 11 is 6.27. The molecule has 1 fully saturated rings. The maximum Gasteiger partial charge on any atom is 0.416 e. The number of nitrogens with zero attached hydrogens (tertiary/aromatic N) is 3. The predicted molar refractivity (Wildman–Crippen MR) is 124 cm³/mol. The summed E-state index contributed by atoms with van der Waals surface area (Å²) in [5, 5.41) is 7.54. The van der Waals surface area contributed by atoms with Crippen LogP contribution in [0.2, 0.25) is 5.02 Å². The fraction of sp³-hybridized carbons (Fsp3) is 0.360. The van der Waals surface area contributed by atoms with Crippen molar-refractivity contribution in [2.24, 2.45) is 0 Å². The van der Waals surface area contributed by atoms with Crippen molar-refractivity contribution in [2.75, 3.05) is 20.1 Å². The van der Waals surface area contributed by atoms with E-state index >= 15 is 0 Å². The smallest absolute Gasteiger partial charge is 0.357 e. The first-order chi connectivity index (χ1) is 16.7. The van der Waals surface area contributed by atoms with Crippen LogP contribution in [0.5, 0.6) is 0 Å². The zero-order chi connectivity index (χ0) is 24.8. The van der Waals surface area contributed by atoms with Crippen molar-refractivity contribution in [3.63, 3.8) is 0 Å². The maximum atomic E-state index is 13.1. The van der Waals surface area contributed by atoms with E-state index in [0.29, 0.717) is 30.1 Å². The first kappa shape index (κ1) is 23.8. The highest BCUT2D eigenvalue weighted by Gasteiger charge is 2.48. The summed E-state index contributed by atoms with van der Waals surface area (Å²) in [5.74, 6) is -0.185. The van der Waals surface area contributed by atoms with Crippen molar-refractivity contribution < 1.29 is 22.7 Å². The van der Waals surface area contributed by atoms with Crippen LogP contribution in [0, 0.1) is 0 Å². The van der Waals surface area contributed by atoms with Crippen LogP contribution in [0.3, 0.4) is 0 Å². The van der Waals surface area contributed by atoms with Crippen LogP contribution < -0.4 is 5.32 Å². The van der Waals surface area contributed by atoms with Gasteiger partial charge in [0.15, 0.2) is 6.10 Å². The normalized spacial score (nSPS) is 19.6. The molecule has 1 spiro atoms. The molecule has 0 radical (unpaired) electrons. The maximum absolute atomic E-state index is 13.1. The van der Waals surface area contributed by atoms with E-state index < -0.39 is 23.4 Å². The molecule has 1 N–H and O–H groups in total. The van der Waals surface area contributed by atoms with Gasteiger partial charge in [-0.05, 0) is 54.3 Å². The molecule has 5 rings (SSSR count). The van der Waals surface area contributed by atoms with Crippen molar-refractivity contribution in [2.45, 2.75) is 37.3 Å². The zero-order valence-electron chi connectivity index (χ0n) is 19.0. The number of carbonyl (C=O) groups excluding carboxylic acids is 1. The molecule has 1 saturated heterocycles. The summed E-state index contributed by atoms with van der Waals surface area (Å²) in [6, 6.07) is 10.6. The molecule has 1 atom stereocenters. The van der Waals surface area contributed by atoms with E-state index in [1.807, 2.05) is 12.1 Å². The number of hydrogen-bond donors (Lipinski definition) is 1. The predicted octanol–water partition coefficient (Wildman–Crippen LogP) is 4.85. The van der Waals surface area contributed by atoms with Gasteiger partial charge in [0.05, 0.1) is 23.0 Å². The average Bonchev–Trinajstić information content (AvgIpc) is 3.43. The number of rotatable bonds is 4. The Bertz CT molecular complexity index is 1250. The molecule has 0 saturated carbocycles. The number of piperidine rings is 1. The Morgan fingerprint density at radius 2 is 2.00 bits per heavy atom. The summed E-state index contributed by atoms with van der Waals surface area (Å²) in [6.45, 7) is 2.05. The largest absolute Gasteiger partial charge is 0.416 e. The number of fused-ring (bicyclic) bond motifs is 2. The van der Waals surface area contributed by atoms with Crippen molar-refractivity contribution in [3.05, 3.63) is 82.1 Å². The van der Waals surface area contributed by atoms with Gasteiger partial charge in [-0.25, -0.2) is 4.68 Å². The number of amides is 1. The van der Waals surface area contributed by atoms with E-state index in [-0.39, 0.29) is 5.91 Å². The number of carbonyl (C=O) groups is 1. The lowest BCUT2D eigenvalue weighted by Crippen LogP contribution is -2.42. The lowest BCUT2D eigenvalue weighted by molar-refractivity contribution is -0.150. The van der Waals surface area contributed by atoms with E-state index in [1.54, 1.807) is 31.6 Å². The molecule has 2 aliphatic heterocycles. The topological polar surface area (TPSA) is 59.4 Å². The highest BCUT2D eigenvalue weighted by Crippen LogP contribution is 2.50. The number of aromatic nitrogens is 2. The van der Waals surface area contributed by atoms with Crippen LogP contribution in [0.15, 0.2) is 54.9 Å². The highest BCUT2D eigenvalue weighted by molar-refractivity contribution is 6.30. The average molecular weight is 505 g/mol. The third-order valence-corrected chi connectivity index (χ3v) is 7.00. The van der Waals surface area contributed by atoms with E-state index in [2.05, 4.69) is 15.3 Å². The molecule has 3 heterocycles. The molecule has 3 aromatic rings. The third kappa shape index (κ3) is 4.55. The lowest BCUT2D eigenvalue weighted by atomic mass is 9.83. The molecule has 1 unspecified atom stereocenters. The van der Waals surface area contributed by atoms with Crippen molar-refractivity contribution in [1.29, 1.82) is 0 Å². The summed E-state index contributed by atoms with van der Waals surface area (Å²) in [6.07, 6.45) is -0.261. The van der Waals surface area contributed by atoms with Gasteiger partial charge in [-0.1, -0.05) is 23.7 Å². The summed E-state index contributed by atoms with van der Waals surface area (Å²) in [7, 11) is 1.59. The highest BCUT2D eigenvalue weighted by atomic mass is 35.5. The number of likely N-dealkylation sites (N-methyl/N-ethyl adjacent to an activating group) is 1. The Balaban J connectivity index is 1.28. The lowest BCUT2D eigenvalue weighted by Gasteiger charge is -2.39. The van der Waals surface area contributed by atoms with Crippen LogP contribution >= 0.6 is 11.6 Å². The number of benzene rings is 2. The van der Waals surface area contributed by atoms with E-state index in [0.717, 1.165) is 41.9 Å². The van der Waals surface area contributed by atoms with Crippen molar-refractivity contribution >= 4 is 17.5 Å². The minimum absolute atomic E-state index is 0.185. The molecule has 6 nitrogen and oxygen atoms in total. The molecule has 10 heteroatoms.